The maximum Gasteiger partial charge on any atom is 0.306 e. The first-order valence-electron chi connectivity index (χ1n) is 28.3. The van der Waals surface area contributed by atoms with Gasteiger partial charge in [-0.25, -0.2) is 0 Å². The van der Waals surface area contributed by atoms with Crippen LogP contribution in [-0.4, -0.2) is 69.2 Å². The molecule has 2 unspecified atom stereocenters. The van der Waals surface area contributed by atoms with Crippen LogP contribution in [0.2, 0.25) is 0 Å². The summed E-state index contributed by atoms with van der Waals surface area (Å²) in [5, 5.41) is 0. The third-order valence-corrected chi connectivity index (χ3v) is 12.7. The molecule has 0 aromatic heterocycles. The van der Waals surface area contributed by atoms with Crippen LogP contribution in [0.1, 0.15) is 291 Å². The number of esters is 2. The average molecular weight is 907 g/mol. The first kappa shape index (κ1) is 62.6. The van der Waals surface area contributed by atoms with E-state index in [2.05, 4.69) is 45.8 Å². The second-order valence-electron chi connectivity index (χ2n) is 19.7. The molecule has 0 N–H and O–H groups in total. The van der Waals surface area contributed by atoms with Gasteiger partial charge in [-0.15, -0.1) is 0 Å². The van der Waals surface area contributed by atoms with Gasteiger partial charge in [-0.1, -0.05) is 200 Å². The van der Waals surface area contributed by atoms with Crippen LogP contribution >= 0.6 is 0 Å². The Balaban J connectivity index is 4.40. The predicted octanol–water partition coefficient (Wildman–Crippen LogP) is 17.4. The molecule has 0 aliphatic carbocycles. The van der Waals surface area contributed by atoms with Crippen molar-refractivity contribution in [3.05, 3.63) is 12.2 Å². The highest BCUT2D eigenvalue weighted by atomic mass is 16.7. The maximum absolute atomic E-state index is 12.7. The number of allylic oxidation sites excluding steroid dienone is 1. The summed E-state index contributed by atoms with van der Waals surface area (Å²) in [6.45, 7) is 11.3. The van der Waals surface area contributed by atoms with E-state index in [0.717, 1.165) is 96.8 Å². The van der Waals surface area contributed by atoms with Crippen LogP contribution in [0.25, 0.3) is 0 Å². The number of hydrogen-bond donors (Lipinski definition) is 0. The highest BCUT2D eigenvalue weighted by Crippen LogP contribution is 2.20. The molecule has 380 valence electrons. The molecule has 0 spiro atoms. The molecule has 0 rings (SSSR count). The van der Waals surface area contributed by atoms with Gasteiger partial charge in [0.1, 0.15) is 12.2 Å². The Bertz CT molecular complexity index is 965. The number of unbranched alkanes of at least 4 members (excludes halogenated alkanes) is 30. The normalized spacial score (nSPS) is 12.8. The van der Waals surface area contributed by atoms with E-state index in [4.69, 9.17) is 18.9 Å². The molecule has 7 nitrogen and oxygen atoms in total. The van der Waals surface area contributed by atoms with Gasteiger partial charge in [-0.05, 0) is 111 Å². The number of carbonyl (C=O) groups excluding carboxylic acids is 2. The molecule has 0 aromatic rings. The topological polar surface area (TPSA) is 74.3 Å². The SMILES string of the molecule is CCCCCC/C=C\C(C)OC(=O)CCCCCCCCCC(CCCCCCCCCC(OCCCCCCCCCC)OCCCCCCCCCC)OC(=O)CCCN(C)C. The summed E-state index contributed by atoms with van der Waals surface area (Å²) in [5.41, 5.74) is 0. The Labute approximate surface area is 399 Å². The summed E-state index contributed by atoms with van der Waals surface area (Å²) >= 11 is 0. The summed E-state index contributed by atoms with van der Waals surface area (Å²) in [4.78, 5) is 27.1. The number of carbonyl (C=O) groups is 2. The van der Waals surface area contributed by atoms with Crippen molar-refractivity contribution in [2.45, 2.75) is 309 Å². The van der Waals surface area contributed by atoms with Gasteiger partial charge in [0.2, 0.25) is 0 Å². The molecule has 7 heteroatoms. The fraction of sp³-hybridized carbons (Fsp3) is 0.930. The fourth-order valence-corrected chi connectivity index (χ4v) is 8.54. The first-order chi connectivity index (χ1) is 31.3. The van der Waals surface area contributed by atoms with Crippen molar-refractivity contribution in [1.82, 2.24) is 4.90 Å². The Kier molecular flexibility index (Phi) is 49.8. The second kappa shape index (κ2) is 51.0. The van der Waals surface area contributed by atoms with Crippen molar-refractivity contribution in [3.8, 4) is 0 Å². The van der Waals surface area contributed by atoms with E-state index in [1.54, 1.807) is 0 Å². The molecule has 0 aliphatic heterocycles. The zero-order valence-corrected chi connectivity index (χ0v) is 43.9. The minimum atomic E-state index is -0.136. The smallest absolute Gasteiger partial charge is 0.306 e. The van der Waals surface area contributed by atoms with E-state index < -0.39 is 0 Å². The molecule has 2 atom stereocenters. The molecule has 0 heterocycles. The van der Waals surface area contributed by atoms with Crippen molar-refractivity contribution in [2.75, 3.05) is 33.9 Å². The number of rotatable bonds is 52. The van der Waals surface area contributed by atoms with E-state index in [1.807, 2.05) is 13.0 Å². The quantitative estimate of drug-likeness (QED) is 0.0260. The minimum absolute atomic E-state index is 0.0277. The first-order valence-corrected chi connectivity index (χ1v) is 28.3. The van der Waals surface area contributed by atoms with Gasteiger partial charge in [0, 0.05) is 26.1 Å². The Hall–Kier alpha value is -1.44. The number of hydrogen-bond acceptors (Lipinski definition) is 7. The van der Waals surface area contributed by atoms with Crippen molar-refractivity contribution in [2.24, 2.45) is 0 Å². The lowest BCUT2D eigenvalue weighted by Gasteiger charge is -2.19. The molecule has 0 fully saturated rings. The standard InChI is InChI=1S/C57H111NO6/c1-7-10-13-16-19-27-34-41-51-61-57(62-52-42-35-28-20-17-14-11-8-2)49-40-33-26-22-24-31-38-46-54(64-56(60)48-43-50-58(5)6)45-37-30-23-21-25-32-39-47-55(59)63-53(4)44-36-29-18-15-12-9-3/h36,44,53-54,57H,7-35,37-43,45-52H2,1-6H3/b44-36-. The molecule has 0 bridgehead atoms. The van der Waals surface area contributed by atoms with E-state index >= 15 is 0 Å². The summed E-state index contributed by atoms with van der Waals surface area (Å²) in [6, 6.07) is 0. The van der Waals surface area contributed by atoms with Crippen molar-refractivity contribution >= 4 is 11.9 Å². The van der Waals surface area contributed by atoms with E-state index in [0.29, 0.717) is 12.8 Å². The maximum atomic E-state index is 12.7. The Morgan fingerprint density at radius 2 is 0.812 bits per heavy atom. The van der Waals surface area contributed by atoms with Gasteiger partial charge in [-0.2, -0.15) is 0 Å². The molecular weight excluding hydrogens is 795 g/mol. The van der Waals surface area contributed by atoms with Crippen LogP contribution in [-0.2, 0) is 28.5 Å². The van der Waals surface area contributed by atoms with Crippen LogP contribution in [0, 0.1) is 0 Å². The minimum Gasteiger partial charge on any atom is -0.462 e. The number of ether oxygens (including phenoxy) is 4. The largest absolute Gasteiger partial charge is 0.462 e. The zero-order chi connectivity index (χ0) is 46.8. The third kappa shape index (κ3) is 48.5. The molecule has 0 aliphatic rings. The van der Waals surface area contributed by atoms with E-state index in [1.165, 1.54) is 173 Å². The lowest BCUT2D eigenvalue weighted by Crippen LogP contribution is -2.20. The molecule has 0 radical (unpaired) electrons. The molecule has 0 amide bonds. The van der Waals surface area contributed by atoms with Crippen LogP contribution in [0.15, 0.2) is 12.2 Å². The van der Waals surface area contributed by atoms with E-state index in [9.17, 15) is 9.59 Å². The summed E-state index contributed by atoms with van der Waals surface area (Å²) in [7, 11) is 4.11. The number of nitrogens with zero attached hydrogens (tertiary/aromatic N) is 1. The summed E-state index contributed by atoms with van der Waals surface area (Å²) in [5.74, 6) is -0.102. The van der Waals surface area contributed by atoms with Crippen LogP contribution in [0.3, 0.4) is 0 Å². The lowest BCUT2D eigenvalue weighted by molar-refractivity contribution is -0.150. The van der Waals surface area contributed by atoms with Crippen LogP contribution in [0.5, 0.6) is 0 Å². The van der Waals surface area contributed by atoms with Gasteiger partial charge < -0.3 is 23.8 Å². The molecule has 0 saturated carbocycles. The lowest BCUT2D eigenvalue weighted by atomic mass is 10.0. The second-order valence-corrected chi connectivity index (χ2v) is 19.7. The summed E-state index contributed by atoms with van der Waals surface area (Å²) in [6.07, 6.45) is 52.6. The van der Waals surface area contributed by atoms with Gasteiger partial charge in [0.05, 0.1) is 0 Å². The Morgan fingerprint density at radius 3 is 1.28 bits per heavy atom. The van der Waals surface area contributed by atoms with Crippen molar-refractivity contribution < 1.29 is 28.5 Å². The highest BCUT2D eigenvalue weighted by molar-refractivity contribution is 5.69. The predicted molar refractivity (Wildman–Crippen MR) is 275 cm³/mol. The van der Waals surface area contributed by atoms with E-state index in [-0.39, 0.29) is 30.4 Å². The molecule has 64 heavy (non-hydrogen) atoms. The average Bonchev–Trinajstić information content (AvgIpc) is 3.27. The van der Waals surface area contributed by atoms with Crippen LogP contribution in [0.4, 0.5) is 0 Å². The molecular formula is C57H111NO6. The van der Waals surface area contributed by atoms with Crippen molar-refractivity contribution in [3.63, 3.8) is 0 Å². The summed E-state index contributed by atoms with van der Waals surface area (Å²) < 4.78 is 24.3. The Morgan fingerprint density at radius 1 is 0.438 bits per heavy atom. The third-order valence-electron chi connectivity index (χ3n) is 12.7. The van der Waals surface area contributed by atoms with Crippen molar-refractivity contribution in [1.29, 1.82) is 0 Å². The molecule has 0 saturated heterocycles. The zero-order valence-electron chi connectivity index (χ0n) is 43.9. The molecule has 0 aromatic carbocycles. The van der Waals surface area contributed by atoms with Gasteiger partial charge in [0.25, 0.3) is 0 Å². The van der Waals surface area contributed by atoms with Gasteiger partial charge >= 0.3 is 11.9 Å². The monoisotopic (exact) mass is 906 g/mol. The van der Waals surface area contributed by atoms with Gasteiger partial charge in [0.15, 0.2) is 6.29 Å². The van der Waals surface area contributed by atoms with Gasteiger partial charge in [-0.3, -0.25) is 9.59 Å². The highest BCUT2D eigenvalue weighted by Gasteiger charge is 2.15. The fourth-order valence-electron chi connectivity index (χ4n) is 8.54. The van der Waals surface area contributed by atoms with Crippen LogP contribution < -0.4 is 0 Å².